The zero-order chi connectivity index (χ0) is 14.7. The van der Waals surface area contributed by atoms with E-state index in [1.165, 1.54) is 16.1 Å². The molecule has 2 rings (SSSR count). The molecule has 0 saturated carbocycles. The van der Waals surface area contributed by atoms with E-state index in [0.29, 0.717) is 6.04 Å². The number of nitrogens with one attached hydrogen (secondary N) is 1. The molecule has 0 bridgehead atoms. The highest BCUT2D eigenvalue weighted by Crippen LogP contribution is 2.34. The Kier molecular flexibility index (Phi) is 4.78. The molecule has 3 nitrogen and oxygen atoms in total. The van der Waals surface area contributed by atoms with Crippen LogP contribution in [0.2, 0.25) is 0 Å². The van der Waals surface area contributed by atoms with E-state index in [1.807, 2.05) is 0 Å². The van der Waals surface area contributed by atoms with Crippen molar-refractivity contribution in [1.82, 2.24) is 10.3 Å². The quantitative estimate of drug-likeness (QED) is 0.894. The minimum Gasteiger partial charge on any atom is -0.321 e. The first-order valence-corrected chi connectivity index (χ1v) is 7.86. The first-order valence-electron chi connectivity index (χ1n) is 7.04. The fraction of sp³-hybridized carbons (Fsp3) is 0.438. The molecule has 1 unspecified atom stereocenters. The average molecular weight is 289 g/mol. The Morgan fingerprint density at radius 3 is 2.65 bits per heavy atom. The van der Waals surface area contributed by atoms with Crippen molar-refractivity contribution in [2.45, 2.75) is 33.7 Å². The van der Waals surface area contributed by atoms with Gasteiger partial charge in [-0.3, -0.25) is 0 Å². The lowest BCUT2D eigenvalue weighted by atomic mass is 10.2. The second-order valence-corrected chi connectivity index (χ2v) is 6.08. The van der Waals surface area contributed by atoms with Gasteiger partial charge in [0.15, 0.2) is 5.13 Å². The van der Waals surface area contributed by atoms with Crippen molar-refractivity contribution in [3.63, 3.8) is 0 Å². The first kappa shape index (κ1) is 15.0. The normalized spacial score (nSPS) is 12.4. The molecule has 20 heavy (non-hydrogen) atoms. The van der Waals surface area contributed by atoms with Gasteiger partial charge in [0.2, 0.25) is 0 Å². The van der Waals surface area contributed by atoms with E-state index >= 15 is 0 Å². The predicted octanol–water partition coefficient (Wildman–Crippen LogP) is 4.20. The molecular weight excluding hydrogens is 266 g/mol. The van der Waals surface area contributed by atoms with Gasteiger partial charge >= 0.3 is 0 Å². The first-order chi connectivity index (χ1) is 9.54. The number of hydrogen-bond donors (Lipinski definition) is 1. The zero-order valence-electron chi connectivity index (χ0n) is 12.9. The highest BCUT2D eigenvalue weighted by atomic mass is 32.1. The summed E-state index contributed by atoms with van der Waals surface area (Å²) < 4.78 is 0. The van der Waals surface area contributed by atoms with E-state index in [9.17, 15) is 0 Å². The topological polar surface area (TPSA) is 28.2 Å². The maximum Gasteiger partial charge on any atom is 0.190 e. The second-order valence-electron chi connectivity index (χ2n) is 5.07. The van der Waals surface area contributed by atoms with E-state index < -0.39 is 0 Å². The number of rotatable bonds is 5. The summed E-state index contributed by atoms with van der Waals surface area (Å²) in [5, 5.41) is 4.51. The largest absolute Gasteiger partial charge is 0.321 e. The summed E-state index contributed by atoms with van der Waals surface area (Å²) >= 11 is 1.77. The van der Waals surface area contributed by atoms with Gasteiger partial charge < -0.3 is 10.2 Å². The molecule has 1 heterocycles. The van der Waals surface area contributed by atoms with Gasteiger partial charge in [0.05, 0.1) is 5.69 Å². The summed E-state index contributed by atoms with van der Waals surface area (Å²) in [5.74, 6) is 0. The number of nitrogens with zero attached hydrogens (tertiary/aromatic N) is 2. The van der Waals surface area contributed by atoms with Crippen LogP contribution in [0, 0.1) is 13.8 Å². The van der Waals surface area contributed by atoms with Gasteiger partial charge in [-0.2, -0.15) is 0 Å². The average Bonchev–Trinajstić information content (AvgIpc) is 2.81. The molecule has 0 fully saturated rings. The Bertz CT molecular complexity index is 577. The fourth-order valence-corrected chi connectivity index (χ4v) is 3.45. The van der Waals surface area contributed by atoms with Crippen LogP contribution in [0.3, 0.4) is 0 Å². The van der Waals surface area contributed by atoms with E-state index in [1.54, 1.807) is 11.3 Å². The third-order valence-electron chi connectivity index (χ3n) is 3.49. The molecule has 0 radical (unpaired) electrons. The number of para-hydroxylation sites is 1. The minimum atomic E-state index is 0.358. The highest BCUT2D eigenvalue weighted by Gasteiger charge is 2.17. The van der Waals surface area contributed by atoms with Crippen LogP contribution < -0.4 is 10.2 Å². The molecule has 4 heteroatoms. The molecule has 0 aliphatic carbocycles. The molecule has 2 aromatic rings. The van der Waals surface area contributed by atoms with Crippen LogP contribution >= 0.6 is 11.3 Å². The third-order valence-corrected chi connectivity index (χ3v) is 4.91. The molecule has 108 valence electrons. The van der Waals surface area contributed by atoms with Crippen LogP contribution in [0.5, 0.6) is 0 Å². The van der Waals surface area contributed by atoms with E-state index in [-0.39, 0.29) is 0 Å². The highest BCUT2D eigenvalue weighted by molar-refractivity contribution is 7.15. The lowest BCUT2D eigenvalue weighted by Gasteiger charge is -2.18. The Morgan fingerprint density at radius 2 is 2.00 bits per heavy atom. The number of thiazole rings is 1. The zero-order valence-corrected chi connectivity index (χ0v) is 13.7. The molecule has 1 N–H and O–H groups in total. The van der Waals surface area contributed by atoms with Gasteiger partial charge in [-0.15, -0.1) is 0 Å². The molecule has 0 aliphatic rings. The summed E-state index contributed by atoms with van der Waals surface area (Å²) in [7, 11) is 2.09. The standard InChI is InChI=1S/C16H23N3S/c1-6-17-12(3)15-13(4)18-16(20-15)19(5)14-10-8-7-9-11(14)2/h7-10,12,17H,6H2,1-5H3. The van der Waals surface area contributed by atoms with Crippen LogP contribution in [-0.2, 0) is 0 Å². The number of hydrogen-bond acceptors (Lipinski definition) is 4. The Balaban J connectivity index is 2.30. The van der Waals surface area contributed by atoms with Gasteiger partial charge in [-0.25, -0.2) is 4.98 Å². The second kappa shape index (κ2) is 6.37. The number of anilines is 2. The summed E-state index contributed by atoms with van der Waals surface area (Å²) in [5.41, 5.74) is 3.60. The van der Waals surface area contributed by atoms with Gasteiger partial charge in [0.25, 0.3) is 0 Å². The predicted molar refractivity (Wildman–Crippen MR) is 88.2 cm³/mol. The molecule has 1 atom stereocenters. The number of aromatic nitrogens is 1. The summed E-state index contributed by atoms with van der Waals surface area (Å²) in [6.45, 7) is 9.53. The molecule has 0 aliphatic heterocycles. The lowest BCUT2D eigenvalue weighted by Crippen LogP contribution is -2.17. The van der Waals surface area contributed by atoms with Crippen LogP contribution in [-0.4, -0.2) is 18.6 Å². The van der Waals surface area contributed by atoms with Crippen LogP contribution in [0.25, 0.3) is 0 Å². The summed E-state index contributed by atoms with van der Waals surface area (Å²) in [6.07, 6.45) is 0. The molecule has 0 amide bonds. The minimum absolute atomic E-state index is 0.358. The van der Waals surface area contributed by atoms with Crippen LogP contribution in [0.1, 0.15) is 36.0 Å². The third kappa shape index (κ3) is 3.02. The van der Waals surface area contributed by atoms with Crippen LogP contribution in [0.15, 0.2) is 24.3 Å². The van der Waals surface area contributed by atoms with Gasteiger partial charge in [-0.05, 0) is 38.9 Å². The maximum atomic E-state index is 4.74. The molecular formula is C16H23N3S. The van der Waals surface area contributed by atoms with E-state index in [0.717, 1.165) is 17.4 Å². The smallest absolute Gasteiger partial charge is 0.190 e. The number of benzene rings is 1. The molecule has 1 aromatic carbocycles. The van der Waals surface area contributed by atoms with Crippen molar-refractivity contribution in [2.75, 3.05) is 18.5 Å². The summed E-state index contributed by atoms with van der Waals surface area (Å²) in [4.78, 5) is 8.23. The van der Waals surface area contributed by atoms with Crippen molar-refractivity contribution in [1.29, 1.82) is 0 Å². The maximum absolute atomic E-state index is 4.74. The molecule has 1 aromatic heterocycles. The van der Waals surface area contributed by atoms with Crippen molar-refractivity contribution < 1.29 is 0 Å². The summed E-state index contributed by atoms with van der Waals surface area (Å²) in [6, 6.07) is 8.77. The lowest BCUT2D eigenvalue weighted by molar-refractivity contribution is 0.603. The van der Waals surface area contributed by atoms with Crippen molar-refractivity contribution in [2.24, 2.45) is 0 Å². The monoisotopic (exact) mass is 289 g/mol. The van der Waals surface area contributed by atoms with E-state index in [4.69, 9.17) is 4.98 Å². The Labute approximate surface area is 125 Å². The molecule has 0 saturated heterocycles. The van der Waals surface area contributed by atoms with Crippen molar-refractivity contribution in [3.8, 4) is 0 Å². The SMILES string of the molecule is CCNC(C)c1sc(N(C)c2ccccc2C)nc1C. The van der Waals surface area contributed by atoms with Gasteiger partial charge in [-0.1, -0.05) is 36.5 Å². The van der Waals surface area contributed by atoms with E-state index in [2.05, 4.69) is 69.2 Å². The Morgan fingerprint density at radius 1 is 1.30 bits per heavy atom. The van der Waals surface area contributed by atoms with Crippen LogP contribution in [0.4, 0.5) is 10.8 Å². The Hall–Kier alpha value is -1.39. The number of aryl methyl sites for hydroxylation is 2. The molecule has 0 spiro atoms. The van der Waals surface area contributed by atoms with Crippen molar-refractivity contribution in [3.05, 3.63) is 40.4 Å². The van der Waals surface area contributed by atoms with Crippen molar-refractivity contribution >= 4 is 22.2 Å². The van der Waals surface area contributed by atoms with Gasteiger partial charge in [0, 0.05) is 23.7 Å². The van der Waals surface area contributed by atoms with Gasteiger partial charge in [0.1, 0.15) is 0 Å². The fourth-order valence-electron chi connectivity index (χ4n) is 2.38.